The molecule has 154 valence electrons. The molecule has 28 heavy (non-hydrogen) atoms. The molecule has 1 aromatic carbocycles. The Morgan fingerprint density at radius 3 is 2.43 bits per heavy atom. The first-order valence-corrected chi connectivity index (χ1v) is 9.71. The summed E-state index contributed by atoms with van der Waals surface area (Å²) >= 11 is 0. The Bertz CT molecular complexity index is 727. The number of nitrogens with one attached hydrogen (secondary N) is 2. The molecular weight excluding hydrogens is 358 g/mol. The van der Waals surface area contributed by atoms with Crippen LogP contribution in [0.5, 0.6) is 0 Å². The smallest absolute Gasteiger partial charge is 0.244 e. The Labute approximate surface area is 166 Å². The zero-order chi connectivity index (χ0) is 20.9. The molecule has 0 saturated heterocycles. The summed E-state index contributed by atoms with van der Waals surface area (Å²) < 4.78 is 0. The molecule has 0 spiro atoms. The zero-order valence-corrected chi connectivity index (χ0v) is 16.8. The number of rotatable bonds is 7. The maximum absolute atomic E-state index is 12.9. The molecule has 0 heterocycles. The normalized spacial score (nSPS) is 18.5. The van der Waals surface area contributed by atoms with Crippen molar-refractivity contribution in [1.82, 2.24) is 10.8 Å². The molecule has 1 aliphatic rings. The third kappa shape index (κ3) is 5.79. The van der Waals surface area contributed by atoms with Crippen LogP contribution in [0.3, 0.4) is 0 Å². The van der Waals surface area contributed by atoms with Crippen LogP contribution in [0.2, 0.25) is 0 Å². The minimum absolute atomic E-state index is 0.143. The molecule has 0 bridgehead atoms. The minimum Gasteiger partial charge on any atom is -0.368 e. The number of hydrogen-bond donors (Lipinski definition) is 4. The fourth-order valence-corrected chi connectivity index (χ4v) is 3.90. The number of benzene rings is 1. The van der Waals surface area contributed by atoms with Gasteiger partial charge in [0, 0.05) is 12.3 Å². The second-order valence-electron chi connectivity index (χ2n) is 8.76. The van der Waals surface area contributed by atoms with Crippen LogP contribution in [0, 0.1) is 17.3 Å². The van der Waals surface area contributed by atoms with Crippen LogP contribution < -0.4 is 16.5 Å². The van der Waals surface area contributed by atoms with Gasteiger partial charge in [0.05, 0.1) is 0 Å². The van der Waals surface area contributed by atoms with Gasteiger partial charge in [0.25, 0.3) is 0 Å². The lowest BCUT2D eigenvalue weighted by Gasteiger charge is -2.32. The van der Waals surface area contributed by atoms with Crippen LogP contribution in [0.15, 0.2) is 24.3 Å². The van der Waals surface area contributed by atoms with E-state index in [0.717, 1.165) is 19.3 Å². The summed E-state index contributed by atoms with van der Waals surface area (Å²) in [5.41, 5.74) is 9.12. The number of fused-ring (bicyclic) bond motifs is 1. The number of hydroxylamine groups is 1. The van der Waals surface area contributed by atoms with Crippen molar-refractivity contribution < 1.29 is 19.6 Å². The van der Waals surface area contributed by atoms with Crippen LogP contribution in [-0.4, -0.2) is 29.0 Å². The van der Waals surface area contributed by atoms with Gasteiger partial charge in [-0.05, 0) is 48.1 Å². The lowest BCUT2D eigenvalue weighted by Crippen LogP contribution is -2.53. The molecule has 7 heteroatoms. The first-order chi connectivity index (χ1) is 13.1. The second kappa shape index (κ2) is 9.19. The summed E-state index contributed by atoms with van der Waals surface area (Å²) in [5, 5.41) is 11.6. The summed E-state index contributed by atoms with van der Waals surface area (Å²) in [5.74, 6) is -2.02. The third-order valence-electron chi connectivity index (χ3n) is 5.43. The zero-order valence-electron chi connectivity index (χ0n) is 16.8. The molecule has 0 fully saturated rings. The number of aryl methyl sites for hydroxylation is 1. The molecule has 0 radical (unpaired) electrons. The van der Waals surface area contributed by atoms with Crippen LogP contribution in [0.1, 0.15) is 51.2 Å². The number of primary amides is 1. The van der Waals surface area contributed by atoms with E-state index in [1.165, 1.54) is 11.1 Å². The van der Waals surface area contributed by atoms with Gasteiger partial charge in [0.2, 0.25) is 17.7 Å². The highest BCUT2D eigenvalue weighted by Gasteiger charge is 2.34. The molecule has 3 amide bonds. The van der Waals surface area contributed by atoms with Crippen molar-refractivity contribution in [3.8, 4) is 0 Å². The predicted octanol–water partition coefficient (Wildman–Crippen LogP) is 1.71. The number of amides is 3. The number of nitrogens with two attached hydrogens (primary N) is 1. The van der Waals surface area contributed by atoms with Crippen molar-refractivity contribution in [3.63, 3.8) is 0 Å². The first-order valence-electron chi connectivity index (χ1n) is 9.71. The van der Waals surface area contributed by atoms with Crippen LogP contribution in [0.25, 0.3) is 0 Å². The molecule has 0 saturated carbocycles. The van der Waals surface area contributed by atoms with E-state index in [4.69, 9.17) is 10.9 Å². The van der Waals surface area contributed by atoms with Crippen molar-refractivity contribution in [2.45, 2.75) is 58.9 Å². The largest absolute Gasteiger partial charge is 0.368 e. The highest BCUT2D eigenvalue weighted by molar-refractivity contribution is 5.90. The second-order valence-corrected chi connectivity index (χ2v) is 8.76. The summed E-state index contributed by atoms with van der Waals surface area (Å²) in [7, 11) is 0. The van der Waals surface area contributed by atoms with Gasteiger partial charge < -0.3 is 11.1 Å². The number of carbonyl (C=O) groups is 3. The highest BCUT2D eigenvalue weighted by Crippen LogP contribution is 2.31. The summed E-state index contributed by atoms with van der Waals surface area (Å²) in [6.07, 6.45) is 3.08. The van der Waals surface area contributed by atoms with E-state index >= 15 is 0 Å². The Morgan fingerprint density at radius 1 is 1.21 bits per heavy atom. The van der Waals surface area contributed by atoms with Gasteiger partial charge in [-0.3, -0.25) is 19.6 Å². The van der Waals surface area contributed by atoms with Gasteiger partial charge >= 0.3 is 0 Å². The fraction of sp³-hybridized carbons (Fsp3) is 0.571. The van der Waals surface area contributed by atoms with Gasteiger partial charge in [-0.1, -0.05) is 45.0 Å². The van der Waals surface area contributed by atoms with E-state index in [1.54, 1.807) is 5.48 Å². The topological polar surface area (TPSA) is 122 Å². The van der Waals surface area contributed by atoms with Crippen LogP contribution in [0.4, 0.5) is 0 Å². The van der Waals surface area contributed by atoms with Crippen molar-refractivity contribution in [3.05, 3.63) is 35.4 Å². The van der Waals surface area contributed by atoms with E-state index in [0.29, 0.717) is 6.42 Å². The first kappa shape index (κ1) is 21.9. The predicted molar refractivity (Wildman–Crippen MR) is 105 cm³/mol. The Balaban J connectivity index is 2.12. The van der Waals surface area contributed by atoms with E-state index < -0.39 is 29.2 Å². The quantitative estimate of drug-likeness (QED) is 0.419. The Morgan fingerprint density at radius 2 is 1.86 bits per heavy atom. The maximum Gasteiger partial charge on any atom is 0.244 e. The van der Waals surface area contributed by atoms with Crippen molar-refractivity contribution in [2.75, 3.05) is 0 Å². The summed E-state index contributed by atoms with van der Waals surface area (Å²) in [6.45, 7) is 5.45. The highest BCUT2D eigenvalue weighted by atomic mass is 16.5. The average molecular weight is 389 g/mol. The van der Waals surface area contributed by atoms with Gasteiger partial charge in [-0.15, -0.1) is 0 Å². The summed E-state index contributed by atoms with van der Waals surface area (Å²) in [4.78, 5) is 36.4. The SMILES string of the molecule is CC(C)(C)C(NC(=O)C(CC(=O)NO)CC1CCc2ccccc2C1)C(N)=O. The van der Waals surface area contributed by atoms with E-state index in [9.17, 15) is 14.4 Å². The van der Waals surface area contributed by atoms with E-state index in [1.807, 2.05) is 32.9 Å². The fourth-order valence-electron chi connectivity index (χ4n) is 3.90. The van der Waals surface area contributed by atoms with Gasteiger partial charge in [-0.2, -0.15) is 0 Å². The molecule has 3 atom stereocenters. The van der Waals surface area contributed by atoms with Crippen molar-refractivity contribution >= 4 is 17.7 Å². The van der Waals surface area contributed by atoms with E-state index in [-0.39, 0.29) is 18.2 Å². The molecule has 1 aliphatic carbocycles. The minimum atomic E-state index is -0.841. The van der Waals surface area contributed by atoms with Gasteiger partial charge in [0.1, 0.15) is 6.04 Å². The Kier molecular flexibility index (Phi) is 7.18. The molecule has 0 aromatic heterocycles. The molecule has 5 N–H and O–H groups in total. The molecule has 2 rings (SSSR count). The van der Waals surface area contributed by atoms with Gasteiger partial charge in [0.15, 0.2) is 0 Å². The third-order valence-corrected chi connectivity index (χ3v) is 5.43. The van der Waals surface area contributed by atoms with Gasteiger partial charge in [-0.25, -0.2) is 5.48 Å². The molecule has 1 aromatic rings. The van der Waals surface area contributed by atoms with Crippen LogP contribution in [-0.2, 0) is 27.2 Å². The number of hydrogen-bond acceptors (Lipinski definition) is 4. The van der Waals surface area contributed by atoms with E-state index in [2.05, 4.69) is 17.4 Å². The lowest BCUT2D eigenvalue weighted by atomic mass is 9.78. The Hall–Kier alpha value is -2.41. The number of carbonyl (C=O) groups excluding carboxylic acids is 3. The molecule has 0 aliphatic heterocycles. The summed E-state index contributed by atoms with van der Waals surface area (Å²) in [6, 6.07) is 7.41. The molecular formula is C21H31N3O4. The lowest BCUT2D eigenvalue weighted by molar-refractivity contribution is -0.137. The average Bonchev–Trinajstić information content (AvgIpc) is 2.63. The standard InChI is InChI=1S/C21H31N3O4/c1-21(2,3)18(19(22)26)23-20(27)16(12-17(25)24-28)11-13-8-9-14-6-4-5-7-15(14)10-13/h4-7,13,16,18,28H,8-12H2,1-3H3,(H2,22,26)(H,23,27)(H,24,25). The molecule has 7 nitrogen and oxygen atoms in total. The molecule has 3 unspecified atom stereocenters. The van der Waals surface area contributed by atoms with Crippen molar-refractivity contribution in [2.24, 2.45) is 23.0 Å². The van der Waals surface area contributed by atoms with Crippen LogP contribution >= 0.6 is 0 Å². The van der Waals surface area contributed by atoms with Crippen molar-refractivity contribution in [1.29, 1.82) is 0 Å². The maximum atomic E-state index is 12.9. The monoisotopic (exact) mass is 389 g/mol.